The number of benzene rings is 1. The second-order valence-corrected chi connectivity index (χ2v) is 4.72. The molecule has 1 saturated carbocycles. The first-order valence-electron chi connectivity index (χ1n) is 5.74. The van der Waals surface area contributed by atoms with E-state index in [2.05, 4.69) is 0 Å². The average Bonchev–Trinajstić information content (AvgIpc) is 3.09. The molecule has 1 fully saturated rings. The zero-order valence-electron chi connectivity index (χ0n) is 9.85. The van der Waals surface area contributed by atoms with E-state index < -0.39 is 11.5 Å². The van der Waals surface area contributed by atoms with E-state index >= 15 is 0 Å². The predicted molar refractivity (Wildman–Crippen MR) is 64.0 cm³/mol. The number of hydrogen-bond donors (Lipinski definition) is 2. The Morgan fingerprint density at radius 3 is 2.82 bits per heavy atom. The maximum absolute atomic E-state index is 11.2. The summed E-state index contributed by atoms with van der Waals surface area (Å²) in [7, 11) is 0. The van der Waals surface area contributed by atoms with Crippen LogP contribution in [-0.2, 0) is 4.79 Å². The summed E-state index contributed by atoms with van der Waals surface area (Å²) in [5.74, 6) is -0.265. The van der Waals surface area contributed by atoms with Gasteiger partial charge in [-0.05, 0) is 43.4 Å². The molecule has 0 spiro atoms. The Morgan fingerprint density at radius 1 is 1.59 bits per heavy atom. The van der Waals surface area contributed by atoms with Gasteiger partial charge in [0.2, 0.25) is 0 Å². The highest BCUT2D eigenvalue weighted by Crippen LogP contribution is 2.38. The fourth-order valence-corrected chi connectivity index (χ4v) is 1.86. The van der Waals surface area contributed by atoms with Crippen molar-refractivity contribution >= 4 is 5.97 Å². The van der Waals surface area contributed by atoms with Gasteiger partial charge in [-0.2, -0.15) is 0 Å². The first kappa shape index (κ1) is 11.9. The van der Waals surface area contributed by atoms with Gasteiger partial charge >= 0.3 is 5.97 Å². The number of carbonyl (C=O) groups is 1. The molecule has 0 saturated heterocycles. The van der Waals surface area contributed by atoms with Crippen LogP contribution >= 0.6 is 0 Å². The highest BCUT2D eigenvalue weighted by atomic mass is 16.5. The van der Waals surface area contributed by atoms with Crippen LogP contribution in [0.4, 0.5) is 0 Å². The molecule has 0 bridgehead atoms. The van der Waals surface area contributed by atoms with Crippen molar-refractivity contribution in [2.24, 2.45) is 11.7 Å². The van der Waals surface area contributed by atoms with Crippen LogP contribution in [0.15, 0.2) is 24.3 Å². The molecule has 0 amide bonds. The summed E-state index contributed by atoms with van der Waals surface area (Å²) in [6.07, 6.45) is 1.75. The van der Waals surface area contributed by atoms with Crippen molar-refractivity contribution in [2.45, 2.75) is 25.3 Å². The molecule has 1 aromatic carbocycles. The van der Waals surface area contributed by atoms with Crippen molar-refractivity contribution in [2.75, 3.05) is 6.61 Å². The average molecular weight is 235 g/mol. The molecule has 1 aliphatic carbocycles. The zero-order chi connectivity index (χ0) is 12.5. The molecule has 1 atom stereocenters. The van der Waals surface area contributed by atoms with Gasteiger partial charge in [0, 0.05) is 0 Å². The maximum Gasteiger partial charge on any atom is 0.327 e. The van der Waals surface area contributed by atoms with Crippen LogP contribution in [-0.4, -0.2) is 23.2 Å². The molecular weight excluding hydrogens is 218 g/mol. The van der Waals surface area contributed by atoms with E-state index in [1.165, 1.54) is 0 Å². The summed E-state index contributed by atoms with van der Waals surface area (Å²) >= 11 is 0. The fourth-order valence-electron chi connectivity index (χ4n) is 1.86. The van der Waals surface area contributed by atoms with E-state index in [4.69, 9.17) is 10.5 Å². The molecule has 4 nitrogen and oxygen atoms in total. The number of aryl methyl sites for hydroxylation is 1. The van der Waals surface area contributed by atoms with E-state index in [1.54, 1.807) is 0 Å². The molecule has 1 aromatic rings. The minimum absolute atomic E-state index is 0.0243. The van der Waals surface area contributed by atoms with Crippen LogP contribution < -0.4 is 10.5 Å². The SMILES string of the molecule is Cc1cccc(OCC(N)(C(=O)O)C2CC2)c1. The van der Waals surface area contributed by atoms with Crippen molar-refractivity contribution in [3.05, 3.63) is 29.8 Å². The third-order valence-electron chi connectivity index (χ3n) is 3.17. The third-order valence-corrected chi connectivity index (χ3v) is 3.17. The lowest BCUT2D eigenvalue weighted by Crippen LogP contribution is -2.54. The third kappa shape index (κ3) is 2.58. The van der Waals surface area contributed by atoms with Gasteiger partial charge in [-0.15, -0.1) is 0 Å². The molecule has 17 heavy (non-hydrogen) atoms. The topological polar surface area (TPSA) is 72.5 Å². The number of carboxylic acid groups (broad SMARTS) is 1. The highest BCUT2D eigenvalue weighted by Gasteiger charge is 2.49. The molecule has 0 aromatic heterocycles. The van der Waals surface area contributed by atoms with Crippen LogP contribution in [0.3, 0.4) is 0 Å². The van der Waals surface area contributed by atoms with Crippen LogP contribution in [0.1, 0.15) is 18.4 Å². The lowest BCUT2D eigenvalue weighted by molar-refractivity contribution is -0.145. The number of rotatable bonds is 5. The Kier molecular flexibility index (Phi) is 3.07. The Morgan fingerprint density at radius 2 is 2.29 bits per heavy atom. The normalized spacial score (nSPS) is 18.5. The van der Waals surface area contributed by atoms with Gasteiger partial charge in [-0.1, -0.05) is 12.1 Å². The van der Waals surface area contributed by atoms with E-state index in [-0.39, 0.29) is 12.5 Å². The summed E-state index contributed by atoms with van der Waals surface area (Å²) < 4.78 is 5.51. The van der Waals surface area contributed by atoms with Gasteiger partial charge in [0.15, 0.2) is 5.54 Å². The lowest BCUT2D eigenvalue weighted by atomic mass is 9.96. The number of hydrogen-bond acceptors (Lipinski definition) is 3. The first-order chi connectivity index (χ1) is 8.02. The summed E-state index contributed by atoms with van der Waals surface area (Å²) in [6.45, 7) is 1.98. The van der Waals surface area contributed by atoms with Gasteiger partial charge in [-0.3, -0.25) is 4.79 Å². The minimum atomic E-state index is -1.25. The molecule has 0 radical (unpaired) electrons. The second-order valence-electron chi connectivity index (χ2n) is 4.72. The standard InChI is InChI=1S/C13H17NO3/c1-9-3-2-4-11(7-9)17-8-13(14,12(15)16)10-5-6-10/h2-4,7,10H,5-6,8,14H2,1H3,(H,15,16). The van der Waals surface area contributed by atoms with E-state index in [0.29, 0.717) is 5.75 Å². The van der Waals surface area contributed by atoms with Crippen LogP contribution in [0.2, 0.25) is 0 Å². The van der Waals surface area contributed by atoms with Gasteiger partial charge in [0.25, 0.3) is 0 Å². The molecule has 3 N–H and O–H groups in total. The smallest absolute Gasteiger partial charge is 0.327 e. The summed E-state index contributed by atoms with van der Waals surface area (Å²) in [5.41, 5.74) is 5.74. The Labute approximate surface area is 100 Å². The first-order valence-corrected chi connectivity index (χ1v) is 5.74. The summed E-state index contributed by atoms with van der Waals surface area (Å²) in [4.78, 5) is 11.2. The van der Waals surface area contributed by atoms with Gasteiger partial charge in [0.05, 0.1) is 0 Å². The lowest BCUT2D eigenvalue weighted by Gasteiger charge is -2.24. The minimum Gasteiger partial charge on any atom is -0.491 e. The molecule has 1 aliphatic rings. The number of nitrogens with two attached hydrogens (primary N) is 1. The van der Waals surface area contributed by atoms with Crippen molar-refractivity contribution in [3.63, 3.8) is 0 Å². The van der Waals surface area contributed by atoms with Crippen molar-refractivity contribution in [1.82, 2.24) is 0 Å². The van der Waals surface area contributed by atoms with Crippen molar-refractivity contribution in [1.29, 1.82) is 0 Å². The predicted octanol–water partition coefficient (Wildman–Crippen LogP) is 1.57. The number of aliphatic carboxylic acids is 1. The maximum atomic E-state index is 11.2. The van der Waals surface area contributed by atoms with Crippen LogP contribution in [0, 0.1) is 12.8 Å². The Bertz CT molecular complexity index is 428. The molecule has 2 rings (SSSR count). The zero-order valence-corrected chi connectivity index (χ0v) is 9.85. The van der Waals surface area contributed by atoms with Crippen molar-refractivity contribution in [3.8, 4) is 5.75 Å². The quantitative estimate of drug-likeness (QED) is 0.812. The largest absolute Gasteiger partial charge is 0.491 e. The van der Waals surface area contributed by atoms with E-state index in [0.717, 1.165) is 18.4 Å². The molecule has 4 heteroatoms. The number of ether oxygens (including phenoxy) is 1. The highest BCUT2D eigenvalue weighted by molar-refractivity contribution is 5.79. The van der Waals surface area contributed by atoms with Gasteiger partial charge in [-0.25, -0.2) is 0 Å². The van der Waals surface area contributed by atoms with E-state index in [9.17, 15) is 9.90 Å². The molecule has 92 valence electrons. The molecule has 0 aliphatic heterocycles. The van der Waals surface area contributed by atoms with Crippen LogP contribution in [0.5, 0.6) is 5.75 Å². The fraction of sp³-hybridized carbons (Fsp3) is 0.462. The second kappa shape index (κ2) is 4.37. The Hall–Kier alpha value is -1.55. The summed E-state index contributed by atoms with van der Waals surface area (Å²) in [6, 6.07) is 7.51. The van der Waals surface area contributed by atoms with E-state index in [1.807, 2.05) is 31.2 Å². The Balaban J connectivity index is 2.03. The molecular formula is C13H17NO3. The molecule has 1 unspecified atom stereocenters. The van der Waals surface area contributed by atoms with Gasteiger partial charge < -0.3 is 15.6 Å². The van der Waals surface area contributed by atoms with Gasteiger partial charge in [0.1, 0.15) is 12.4 Å². The van der Waals surface area contributed by atoms with Crippen molar-refractivity contribution < 1.29 is 14.6 Å². The summed E-state index contributed by atoms with van der Waals surface area (Å²) in [5, 5.41) is 9.17. The monoisotopic (exact) mass is 235 g/mol. The van der Waals surface area contributed by atoms with Crippen LogP contribution in [0.25, 0.3) is 0 Å². The number of carboxylic acids is 1. The molecule has 0 heterocycles.